The molecule has 1 aliphatic rings. The second-order valence-electron chi connectivity index (χ2n) is 9.49. The minimum absolute atomic E-state index is 0.00446. The molecule has 5 rings (SSSR count). The van der Waals surface area contributed by atoms with Crippen molar-refractivity contribution in [2.45, 2.75) is 31.8 Å². The summed E-state index contributed by atoms with van der Waals surface area (Å²) in [5.74, 6) is 0.436. The fourth-order valence-electron chi connectivity index (χ4n) is 5.11. The van der Waals surface area contributed by atoms with Crippen molar-refractivity contribution in [1.29, 1.82) is 0 Å². The largest absolute Gasteiger partial charge is 0.337 e. The Bertz CT molecular complexity index is 1240. The molecule has 36 heavy (non-hydrogen) atoms. The van der Waals surface area contributed by atoms with Gasteiger partial charge in [0, 0.05) is 30.2 Å². The van der Waals surface area contributed by atoms with Crippen LogP contribution in [0.1, 0.15) is 33.9 Å². The topological polar surface area (TPSA) is 49.3 Å². The van der Waals surface area contributed by atoms with Crippen molar-refractivity contribution in [1.82, 2.24) is 19.8 Å². The first kappa shape index (κ1) is 24.3. The first-order valence-corrected chi connectivity index (χ1v) is 13.5. The average molecular weight is 497 g/mol. The van der Waals surface area contributed by atoms with E-state index in [1.807, 2.05) is 36.2 Å². The van der Waals surface area contributed by atoms with Crippen molar-refractivity contribution in [2.75, 3.05) is 20.1 Å². The van der Waals surface area contributed by atoms with E-state index in [1.54, 1.807) is 23.6 Å². The van der Waals surface area contributed by atoms with Crippen molar-refractivity contribution < 1.29 is 4.79 Å². The fourth-order valence-corrected chi connectivity index (χ4v) is 5.95. The number of nitrogens with zero attached hydrogens (tertiary/aromatic N) is 4. The number of rotatable bonds is 8. The van der Waals surface area contributed by atoms with Gasteiger partial charge in [-0.1, -0.05) is 66.7 Å². The molecule has 1 unspecified atom stereocenters. The molecule has 1 aliphatic heterocycles. The number of amides is 1. The van der Waals surface area contributed by atoms with Crippen LogP contribution in [0.5, 0.6) is 0 Å². The van der Waals surface area contributed by atoms with E-state index in [-0.39, 0.29) is 11.9 Å². The summed E-state index contributed by atoms with van der Waals surface area (Å²) in [4.78, 5) is 26.9. The van der Waals surface area contributed by atoms with Crippen molar-refractivity contribution in [3.8, 4) is 11.3 Å². The number of likely N-dealkylation sites (tertiary alicyclic amines) is 1. The van der Waals surface area contributed by atoms with Crippen LogP contribution in [-0.4, -0.2) is 51.9 Å². The smallest absolute Gasteiger partial charge is 0.272 e. The maximum absolute atomic E-state index is 13.3. The molecule has 0 radical (unpaired) electrons. The van der Waals surface area contributed by atoms with Crippen molar-refractivity contribution in [3.05, 3.63) is 107 Å². The second-order valence-corrected chi connectivity index (χ2v) is 10.4. The van der Waals surface area contributed by atoms with Gasteiger partial charge in [-0.15, -0.1) is 11.3 Å². The van der Waals surface area contributed by atoms with E-state index >= 15 is 0 Å². The molecule has 184 valence electrons. The number of pyridine rings is 1. The Labute approximate surface area is 217 Å². The van der Waals surface area contributed by atoms with Gasteiger partial charge in [-0.05, 0) is 56.0 Å². The van der Waals surface area contributed by atoms with Gasteiger partial charge < -0.3 is 4.90 Å². The van der Waals surface area contributed by atoms with E-state index < -0.39 is 0 Å². The van der Waals surface area contributed by atoms with Gasteiger partial charge in [0.2, 0.25) is 0 Å². The zero-order valence-corrected chi connectivity index (χ0v) is 21.5. The predicted octanol–water partition coefficient (Wildman–Crippen LogP) is 5.80. The Morgan fingerprint density at radius 2 is 1.69 bits per heavy atom. The Kier molecular flexibility index (Phi) is 7.84. The van der Waals surface area contributed by atoms with Crippen LogP contribution in [0.25, 0.3) is 11.3 Å². The molecular weight excluding hydrogens is 464 g/mol. The van der Waals surface area contributed by atoms with E-state index in [0.717, 1.165) is 49.6 Å². The molecule has 1 atom stereocenters. The number of carbonyl (C=O) groups excluding carboxylic acids is 1. The monoisotopic (exact) mass is 496 g/mol. The van der Waals surface area contributed by atoms with E-state index in [9.17, 15) is 4.79 Å². The maximum atomic E-state index is 13.3. The van der Waals surface area contributed by atoms with Gasteiger partial charge in [0.05, 0.1) is 12.2 Å². The highest BCUT2D eigenvalue weighted by atomic mass is 32.1. The van der Waals surface area contributed by atoms with E-state index in [4.69, 9.17) is 4.98 Å². The third-order valence-corrected chi connectivity index (χ3v) is 7.98. The lowest BCUT2D eigenvalue weighted by molar-refractivity contribution is 0.0579. The van der Waals surface area contributed by atoms with Crippen LogP contribution in [0, 0.1) is 5.92 Å². The molecule has 0 N–H and O–H groups in total. The number of benzene rings is 2. The van der Waals surface area contributed by atoms with E-state index in [0.29, 0.717) is 11.6 Å². The van der Waals surface area contributed by atoms with Crippen LogP contribution in [-0.2, 0) is 13.0 Å². The number of aromatic nitrogens is 2. The van der Waals surface area contributed by atoms with Crippen molar-refractivity contribution in [2.24, 2.45) is 5.92 Å². The highest BCUT2D eigenvalue weighted by Gasteiger charge is 2.32. The summed E-state index contributed by atoms with van der Waals surface area (Å²) in [7, 11) is 1.94. The first-order valence-electron chi connectivity index (χ1n) is 12.6. The molecule has 5 nitrogen and oxygen atoms in total. The van der Waals surface area contributed by atoms with Crippen molar-refractivity contribution in [3.63, 3.8) is 0 Å². The summed E-state index contributed by atoms with van der Waals surface area (Å²) in [5, 5.41) is 3.32. The number of thiazole rings is 1. The third-order valence-electron chi connectivity index (χ3n) is 7.15. The van der Waals surface area contributed by atoms with Crippen LogP contribution in [0.2, 0.25) is 0 Å². The maximum Gasteiger partial charge on any atom is 0.272 e. The predicted molar refractivity (Wildman–Crippen MR) is 146 cm³/mol. The first-order chi connectivity index (χ1) is 17.7. The normalized spacial score (nSPS) is 15.5. The van der Waals surface area contributed by atoms with Gasteiger partial charge in [0.15, 0.2) is 0 Å². The number of carbonyl (C=O) groups is 1. The highest BCUT2D eigenvalue weighted by molar-refractivity contribution is 7.09. The SMILES string of the molecule is CN(C(=O)c1ccccn1)C(Cc1ccccc1)C1CCN(Cc2nc(-c3ccccc3)cs2)CC1. The second kappa shape index (κ2) is 11.6. The quantitative estimate of drug-likeness (QED) is 0.309. The zero-order valence-electron chi connectivity index (χ0n) is 20.7. The molecule has 0 aliphatic carbocycles. The van der Waals surface area contributed by atoms with Gasteiger partial charge in [-0.2, -0.15) is 0 Å². The summed E-state index contributed by atoms with van der Waals surface area (Å²) in [6.45, 7) is 2.92. The lowest BCUT2D eigenvalue weighted by Crippen LogP contribution is -2.47. The Morgan fingerprint density at radius 3 is 2.39 bits per heavy atom. The number of hydrogen-bond acceptors (Lipinski definition) is 5. The Balaban J connectivity index is 1.25. The van der Waals surface area contributed by atoms with Gasteiger partial charge in [-0.3, -0.25) is 14.7 Å². The molecule has 0 saturated carbocycles. The molecule has 1 fully saturated rings. The van der Waals surface area contributed by atoms with Crippen LogP contribution in [0.4, 0.5) is 0 Å². The van der Waals surface area contributed by atoms with Crippen LogP contribution < -0.4 is 0 Å². The zero-order chi connectivity index (χ0) is 24.7. The minimum atomic E-state index is -0.00446. The van der Waals surface area contributed by atoms with E-state index in [2.05, 4.69) is 63.8 Å². The third kappa shape index (κ3) is 5.89. The van der Waals surface area contributed by atoms with Crippen molar-refractivity contribution >= 4 is 17.2 Å². The number of likely N-dealkylation sites (N-methyl/N-ethyl adjacent to an activating group) is 1. The lowest BCUT2D eigenvalue weighted by Gasteiger charge is -2.40. The molecule has 0 spiro atoms. The molecule has 1 saturated heterocycles. The molecule has 3 heterocycles. The molecular formula is C30H32N4OS. The summed E-state index contributed by atoms with van der Waals surface area (Å²) in [6.07, 6.45) is 4.67. The van der Waals surface area contributed by atoms with Gasteiger partial charge in [0.1, 0.15) is 10.7 Å². The van der Waals surface area contributed by atoms with Gasteiger partial charge >= 0.3 is 0 Å². The minimum Gasteiger partial charge on any atom is -0.337 e. The molecule has 4 aromatic rings. The summed E-state index contributed by atoms with van der Waals surface area (Å²) in [6, 6.07) is 26.5. The molecule has 2 aromatic carbocycles. The van der Waals surface area contributed by atoms with Crippen LogP contribution >= 0.6 is 11.3 Å². The number of piperidine rings is 1. The molecule has 1 amide bonds. The molecule has 2 aromatic heterocycles. The van der Waals surface area contributed by atoms with E-state index in [1.165, 1.54) is 11.1 Å². The van der Waals surface area contributed by atoms with Gasteiger partial charge in [-0.25, -0.2) is 4.98 Å². The standard InChI is InChI=1S/C30H32N4OS/c1-33(30(35)26-14-8-9-17-31-26)28(20-23-10-4-2-5-11-23)25-15-18-34(19-16-25)21-29-32-27(22-36-29)24-12-6-3-7-13-24/h2-14,17,22,25,28H,15-16,18-21H2,1H3. The fraction of sp³-hybridized carbons (Fsp3) is 0.300. The summed E-state index contributed by atoms with van der Waals surface area (Å²) in [5.41, 5.74) is 4.00. The van der Waals surface area contributed by atoms with Crippen LogP contribution in [0.15, 0.2) is 90.4 Å². The molecule has 6 heteroatoms. The molecule has 0 bridgehead atoms. The summed E-state index contributed by atoms with van der Waals surface area (Å²) < 4.78 is 0. The number of hydrogen-bond donors (Lipinski definition) is 0. The van der Waals surface area contributed by atoms with Crippen LogP contribution in [0.3, 0.4) is 0 Å². The lowest BCUT2D eigenvalue weighted by atomic mass is 9.85. The summed E-state index contributed by atoms with van der Waals surface area (Å²) >= 11 is 1.74. The average Bonchev–Trinajstić information content (AvgIpc) is 3.41. The van der Waals surface area contributed by atoms with Gasteiger partial charge in [0.25, 0.3) is 5.91 Å². The highest BCUT2D eigenvalue weighted by Crippen LogP contribution is 2.29. The Morgan fingerprint density at radius 1 is 1.00 bits per heavy atom. The Hall–Kier alpha value is -3.35.